The monoisotopic (exact) mass is 183 g/mol. The quantitative estimate of drug-likeness (QED) is 0.690. The minimum absolute atomic E-state index is 0.340. The first-order valence-corrected chi connectivity index (χ1v) is 3.74. The lowest BCUT2D eigenvalue weighted by Gasteiger charge is -1.91. The molecule has 0 atom stereocenters. The van der Waals surface area contributed by atoms with Crippen LogP contribution in [0.1, 0.15) is 12.2 Å². The molecular weight excluding hydrogens is 176 g/mol. The van der Waals surface area contributed by atoms with Crippen molar-refractivity contribution in [3.05, 3.63) is 30.0 Å². The van der Waals surface area contributed by atoms with E-state index in [2.05, 4.69) is 0 Å². The molecule has 0 radical (unpaired) electrons. The van der Waals surface area contributed by atoms with E-state index in [9.17, 15) is 8.78 Å². The van der Waals surface area contributed by atoms with Crippen LogP contribution in [-0.2, 0) is 0 Å². The molecule has 0 aliphatic rings. The maximum Gasteiger partial charge on any atom is 0.295 e. The number of nitrogen functional groups attached to an aromatic ring is 1. The number of halogens is 2. The Morgan fingerprint density at radius 1 is 1.31 bits per heavy atom. The number of nitrogens with two attached hydrogens (primary N) is 1. The van der Waals surface area contributed by atoms with Gasteiger partial charge in [-0.25, -0.2) is 8.78 Å². The Balaban J connectivity index is 2.68. The fraction of sp³-hybridized carbons (Fsp3) is 0.111. The normalized spacial score (nSPS) is 11.3. The molecule has 0 aliphatic carbocycles. The first-order valence-electron chi connectivity index (χ1n) is 3.74. The summed E-state index contributed by atoms with van der Waals surface area (Å²) in [6.07, 6.45) is -2.59. The second-order valence-electron chi connectivity index (χ2n) is 2.71. The number of anilines is 1. The SMILES string of the molecule is Nc1cccc2oc(C(F)F)cc12. The molecule has 4 heteroatoms. The van der Waals surface area contributed by atoms with Gasteiger partial charge in [0.1, 0.15) is 5.58 Å². The standard InChI is InChI=1S/C9H7F2NO/c10-9(11)8-4-5-6(12)2-1-3-7(5)13-8/h1-4,9H,12H2. The molecule has 13 heavy (non-hydrogen) atoms. The topological polar surface area (TPSA) is 39.2 Å². The van der Waals surface area contributed by atoms with Crippen molar-refractivity contribution in [2.75, 3.05) is 5.73 Å². The molecule has 0 amide bonds. The van der Waals surface area contributed by atoms with Crippen molar-refractivity contribution in [2.45, 2.75) is 6.43 Å². The number of hydrogen-bond donors (Lipinski definition) is 1. The summed E-state index contributed by atoms with van der Waals surface area (Å²) in [7, 11) is 0. The summed E-state index contributed by atoms with van der Waals surface area (Å²) < 4.78 is 29.3. The summed E-state index contributed by atoms with van der Waals surface area (Å²) in [4.78, 5) is 0. The highest BCUT2D eigenvalue weighted by atomic mass is 19.3. The third-order valence-corrected chi connectivity index (χ3v) is 1.83. The van der Waals surface area contributed by atoms with Crippen LogP contribution in [0.25, 0.3) is 11.0 Å². The van der Waals surface area contributed by atoms with Crippen molar-refractivity contribution in [3.8, 4) is 0 Å². The lowest BCUT2D eigenvalue weighted by molar-refractivity contribution is 0.124. The van der Waals surface area contributed by atoms with Gasteiger partial charge in [0.2, 0.25) is 0 Å². The Bertz CT molecular complexity index is 436. The van der Waals surface area contributed by atoms with Gasteiger partial charge in [0.05, 0.1) is 0 Å². The van der Waals surface area contributed by atoms with Crippen molar-refractivity contribution in [1.82, 2.24) is 0 Å². The number of alkyl halides is 2. The van der Waals surface area contributed by atoms with Crippen LogP contribution in [0.15, 0.2) is 28.7 Å². The number of hydrogen-bond acceptors (Lipinski definition) is 2. The van der Waals surface area contributed by atoms with Crippen LogP contribution in [0.3, 0.4) is 0 Å². The van der Waals surface area contributed by atoms with Crippen LogP contribution in [0.2, 0.25) is 0 Å². The van der Waals surface area contributed by atoms with Crippen molar-refractivity contribution < 1.29 is 13.2 Å². The molecule has 1 heterocycles. The van der Waals surface area contributed by atoms with Crippen LogP contribution in [0.5, 0.6) is 0 Å². The molecule has 0 saturated carbocycles. The number of fused-ring (bicyclic) bond motifs is 1. The third kappa shape index (κ3) is 1.24. The van der Waals surface area contributed by atoms with Gasteiger partial charge in [-0.1, -0.05) is 6.07 Å². The predicted octanol–water partition coefficient (Wildman–Crippen LogP) is 2.95. The molecule has 1 aromatic carbocycles. The highest BCUT2D eigenvalue weighted by Crippen LogP contribution is 2.29. The minimum Gasteiger partial charge on any atom is -0.455 e. The Morgan fingerprint density at radius 2 is 2.08 bits per heavy atom. The van der Waals surface area contributed by atoms with E-state index >= 15 is 0 Å². The molecule has 0 fully saturated rings. The van der Waals surface area contributed by atoms with E-state index < -0.39 is 6.43 Å². The molecule has 0 spiro atoms. The van der Waals surface area contributed by atoms with Crippen LogP contribution in [0, 0.1) is 0 Å². The van der Waals surface area contributed by atoms with Gasteiger partial charge < -0.3 is 10.2 Å². The summed E-state index contributed by atoms with van der Waals surface area (Å²) in [5, 5.41) is 0.540. The zero-order valence-electron chi connectivity index (χ0n) is 6.63. The van der Waals surface area contributed by atoms with Crippen LogP contribution in [-0.4, -0.2) is 0 Å². The number of benzene rings is 1. The molecular formula is C9H7F2NO. The van der Waals surface area contributed by atoms with E-state index in [1.54, 1.807) is 18.2 Å². The molecule has 2 N–H and O–H groups in total. The smallest absolute Gasteiger partial charge is 0.295 e. The highest BCUT2D eigenvalue weighted by Gasteiger charge is 2.13. The fourth-order valence-corrected chi connectivity index (χ4v) is 1.21. The van der Waals surface area contributed by atoms with Crippen LogP contribution >= 0.6 is 0 Å². The maximum atomic E-state index is 12.2. The first kappa shape index (κ1) is 8.04. The molecule has 0 aliphatic heterocycles. The Labute approximate surface area is 72.9 Å². The third-order valence-electron chi connectivity index (χ3n) is 1.83. The van der Waals surface area contributed by atoms with Crippen LogP contribution in [0.4, 0.5) is 14.5 Å². The zero-order valence-corrected chi connectivity index (χ0v) is 6.63. The Morgan fingerprint density at radius 3 is 2.69 bits per heavy atom. The predicted molar refractivity (Wildman–Crippen MR) is 45.6 cm³/mol. The summed E-state index contributed by atoms with van der Waals surface area (Å²) in [5.41, 5.74) is 6.42. The molecule has 2 aromatic rings. The highest BCUT2D eigenvalue weighted by molar-refractivity contribution is 5.89. The van der Waals surface area contributed by atoms with E-state index in [4.69, 9.17) is 10.2 Å². The second-order valence-corrected chi connectivity index (χ2v) is 2.71. The molecule has 68 valence electrons. The lowest BCUT2D eigenvalue weighted by atomic mass is 10.2. The lowest BCUT2D eigenvalue weighted by Crippen LogP contribution is -1.82. The summed E-state index contributed by atoms with van der Waals surface area (Å²) in [6, 6.07) is 6.19. The van der Waals surface area contributed by atoms with E-state index in [0.717, 1.165) is 0 Å². The van der Waals surface area contributed by atoms with Crippen molar-refractivity contribution in [1.29, 1.82) is 0 Å². The first-order chi connectivity index (χ1) is 6.18. The molecule has 0 unspecified atom stereocenters. The second kappa shape index (κ2) is 2.73. The van der Waals surface area contributed by atoms with E-state index in [1.165, 1.54) is 6.07 Å². The van der Waals surface area contributed by atoms with E-state index in [1.807, 2.05) is 0 Å². The summed E-state index contributed by atoms with van der Waals surface area (Å²) in [5.74, 6) is -0.340. The van der Waals surface area contributed by atoms with Gasteiger partial charge >= 0.3 is 0 Å². The molecule has 0 bridgehead atoms. The fourth-order valence-electron chi connectivity index (χ4n) is 1.21. The largest absolute Gasteiger partial charge is 0.455 e. The van der Waals surface area contributed by atoms with Gasteiger partial charge in [-0.3, -0.25) is 0 Å². The van der Waals surface area contributed by atoms with Gasteiger partial charge in [0.15, 0.2) is 5.76 Å². The van der Waals surface area contributed by atoms with E-state index in [0.29, 0.717) is 16.7 Å². The number of rotatable bonds is 1. The Kier molecular flexibility index (Phi) is 1.69. The van der Waals surface area contributed by atoms with Gasteiger partial charge in [-0.15, -0.1) is 0 Å². The van der Waals surface area contributed by atoms with Gasteiger partial charge in [0, 0.05) is 11.1 Å². The maximum absolute atomic E-state index is 12.2. The van der Waals surface area contributed by atoms with Gasteiger partial charge in [-0.05, 0) is 18.2 Å². The molecule has 2 rings (SSSR count). The van der Waals surface area contributed by atoms with Crippen molar-refractivity contribution in [3.63, 3.8) is 0 Å². The molecule has 0 saturated heterocycles. The Hall–Kier alpha value is -1.58. The summed E-state index contributed by atoms with van der Waals surface area (Å²) >= 11 is 0. The molecule has 1 aromatic heterocycles. The van der Waals surface area contributed by atoms with Gasteiger partial charge in [-0.2, -0.15) is 0 Å². The van der Waals surface area contributed by atoms with Crippen LogP contribution < -0.4 is 5.73 Å². The van der Waals surface area contributed by atoms with Crippen molar-refractivity contribution >= 4 is 16.7 Å². The zero-order chi connectivity index (χ0) is 9.42. The van der Waals surface area contributed by atoms with Crippen molar-refractivity contribution in [2.24, 2.45) is 0 Å². The minimum atomic E-state index is -2.59. The van der Waals surface area contributed by atoms with E-state index in [-0.39, 0.29) is 5.76 Å². The van der Waals surface area contributed by atoms with Gasteiger partial charge in [0.25, 0.3) is 6.43 Å². The summed E-state index contributed by atoms with van der Waals surface area (Å²) in [6.45, 7) is 0. The average molecular weight is 183 g/mol. The average Bonchev–Trinajstić information content (AvgIpc) is 2.49. The molecule has 2 nitrogen and oxygen atoms in total. The number of furan rings is 1.